The highest BCUT2D eigenvalue weighted by Crippen LogP contribution is 2.20. The number of carbonyl (C=O) groups is 2. The number of anilines is 1. The molecule has 2 amide bonds. The van der Waals surface area contributed by atoms with Crippen LogP contribution in [0.15, 0.2) is 29.2 Å². The highest BCUT2D eigenvalue weighted by atomic mass is 32.2. The van der Waals surface area contributed by atoms with Crippen LogP contribution in [0.5, 0.6) is 0 Å². The van der Waals surface area contributed by atoms with Crippen molar-refractivity contribution in [3.05, 3.63) is 24.3 Å². The lowest BCUT2D eigenvalue weighted by molar-refractivity contribution is -0.129. The molecule has 1 fully saturated rings. The van der Waals surface area contributed by atoms with Crippen molar-refractivity contribution in [2.45, 2.75) is 57.5 Å². The molecule has 1 aliphatic rings. The first kappa shape index (κ1) is 23.3. The van der Waals surface area contributed by atoms with Crippen LogP contribution in [0.1, 0.15) is 40.5 Å². The van der Waals surface area contributed by atoms with Crippen molar-refractivity contribution in [2.75, 3.05) is 25.0 Å². The minimum Gasteiger partial charge on any atom is -0.356 e. The monoisotopic (exact) mass is 424 g/mol. The van der Waals surface area contributed by atoms with Gasteiger partial charge < -0.3 is 10.6 Å². The van der Waals surface area contributed by atoms with Crippen LogP contribution in [-0.4, -0.2) is 56.9 Å². The first-order valence-electron chi connectivity index (χ1n) is 10.1. The lowest BCUT2D eigenvalue weighted by Crippen LogP contribution is -2.50. The number of amides is 2. The molecule has 0 aromatic heterocycles. The van der Waals surface area contributed by atoms with Gasteiger partial charge in [0.1, 0.15) is 0 Å². The Morgan fingerprint density at radius 3 is 2.41 bits per heavy atom. The van der Waals surface area contributed by atoms with Crippen molar-refractivity contribution in [1.82, 2.24) is 14.9 Å². The lowest BCUT2D eigenvalue weighted by atomic mass is 9.96. The van der Waals surface area contributed by atoms with Gasteiger partial charge in [-0.2, -0.15) is 0 Å². The van der Waals surface area contributed by atoms with Crippen LogP contribution in [0, 0.1) is 5.92 Å². The third-order valence-electron chi connectivity index (χ3n) is 4.92. The second-order valence-electron chi connectivity index (χ2n) is 7.69. The van der Waals surface area contributed by atoms with Gasteiger partial charge in [-0.25, -0.2) is 13.1 Å². The molecule has 9 heteroatoms. The van der Waals surface area contributed by atoms with Gasteiger partial charge in [-0.15, -0.1) is 0 Å². The first-order chi connectivity index (χ1) is 13.6. The molecule has 2 rings (SSSR count). The standard InChI is InChI=1S/C20H32N4O4S/c1-5-21-20(26)16-7-6-12-24(13-16)15(4)19(25)22-17-8-10-18(11-9-17)29(27,28)23-14(2)3/h8-11,14-16,23H,5-7,12-13H2,1-4H3,(H,21,26)(H,22,25). The summed E-state index contributed by atoms with van der Waals surface area (Å²) in [6.07, 6.45) is 1.70. The molecule has 1 aliphatic heterocycles. The number of nitrogens with zero attached hydrogens (tertiary/aromatic N) is 1. The van der Waals surface area contributed by atoms with E-state index in [1.165, 1.54) is 12.1 Å². The van der Waals surface area contributed by atoms with Gasteiger partial charge in [0.25, 0.3) is 0 Å². The van der Waals surface area contributed by atoms with E-state index in [0.29, 0.717) is 18.8 Å². The van der Waals surface area contributed by atoms with E-state index in [9.17, 15) is 18.0 Å². The van der Waals surface area contributed by atoms with Crippen molar-refractivity contribution < 1.29 is 18.0 Å². The fraction of sp³-hybridized carbons (Fsp3) is 0.600. The van der Waals surface area contributed by atoms with Crippen LogP contribution in [0.3, 0.4) is 0 Å². The average molecular weight is 425 g/mol. The van der Waals surface area contributed by atoms with E-state index in [2.05, 4.69) is 15.4 Å². The zero-order valence-electron chi connectivity index (χ0n) is 17.6. The van der Waals surface area contributed by atoms with Gasteiger partial charge in [-0.05, 0) is 71.3 Å². The van der Waals surface area contributed by atoms with Gasteiger partial charge >= 0.3 is 0 Å². The summed E-state index contributed by atoms with van der Waals surface area (Å²) in [6, 6.07) is 5.50. The van der Waals surface area contributed by atoms with Gasteiger partial charge in [-0.1, -0.05) is 0 Å². The summed E-state index contributed by atoms with van der Waals surface area (Å²) >= 11 is 0. The Bertz CT molecular complexity index is 808. The Hall–Kier alpha value is -1.97. The Balaban J connectivity index is 1.98. The summed E-state index contributed by atoms with van der Waals surface area (Å²) in [7, 11) is -3.57. The third-order valence-corrected chi connectivity index (χ3v) is 6.60. The maximum absolute atomic E-state index is 12.7. The number of hydrogen-bond acceptors (Lipinski definition) is 5. The van der Waals surface area contributed by atoms with Gasteiger partial charge in [0.05, 0.1) is 16.9 Å². The SMILES string of the molecule is CCNC(=O)C1CCCN(C(C)C(=O)Nc2ccc(S(=O)(=O)NC(C)C)cc2)C1. The number of piperidine rings is 1. The molecular weight excluding hydrogens is 392 g/mol. The van der Waals surface area contributed by atoms with Crippen LogP contribution in [0.2, 0.25) is 0 Å². The highest BCUT2D eigenvalue weighted by Gasteiger charge is 2.30. The second-order valence-corrected chi connectivity index (χ2v) is 9.41. The summed E-state index contributed by atoms with van der Waals surface area (Å²) < 4.78 is 26.9. The minimum absolute atomic E-state index is 0.0385. The zero-order valence-corrected chi connectivity index (χ0v) is 18.4. The lowest BCUT2D eigenvalue weighted by Gasteiger charge is -2.35. The van der Waals surface area contributed by atoms with E-state index in [0.717, 1.165) is 19.4 Å². The summed E-state index contributed by atoms with van der Waals surface area (Å²) in [5.41, 5.74) is 0.530. The van der Waals surface area contributed by atoms with Gasteiger partial charge in [-0.3, -0.25) is 14.5 Å². The van der Waals surface area contributed by atoms with Gasteiger partial charge in [0.15, 0.2) is 0 Å². The molecule has 162 valence electrons. The van der Waals surface area contributed by atoms with Crippen LogP contribution in [0.4, 0.5) is 5.69 Å². The van der Waals surface area contributed by atoms with Crippen LogP contribution in [0.25, 0.3) is 0 Å². The molecule has 8 nitrogen and oxygen atoms in total. The molecule has 2 atom stereocenters. The number of carbonyl (C=O) groups excluding carboxylic acids is 2. The van der Waals surface area contributed by atoms with Crippen molar-refractivity contribution in [3.8, 4) is 0 Å². The summed E-state index contributed by atoms with van der Waals surface area (Å²) in [6.45, 7) is 9.14. The fourth-order valence-electron chi connectivity index (χ4n) is 3.40. The molecule has 29 heavy (non-hydrogen) atoms. The van der Waals surface area contributed by atoms with E-state index in [1.807, 2.05) is 18.7 Å². The second kappa shape index (κ2) is 10.2. The molecule has 0 radical (unpaired) electrons. The number of rotatable bonds is 8. The number of nitrogens with one attached hydrogen (secondary N) is 3. The third kappa shape index (κ3) is 6.52. The topological polar surface area (TPSA) is 108 Å². The summed E-state index contributed by atoms with van der Waals surface area (Å²) in [5, 5.41) is 5.68. The molecule has 2 unspecified atom stereocenters. The maximum atomic E-state index is 12.7. The Morgan fingerprint density at radius 1 is 1.17 bits per heavy atom. The van der Waals surface area contributed by atoms with Crippen LogP contribution < -0.4 is 15.4 Å². The predicted octanol–water partition coefficient (Wildman–Crippen LogP) is 1.55. The molecule has 1 heterocycles. The largest absolute Gasteiger partial charge is 0.356 e. The molecule has 1 saturated heterocycles. The average Bonchev–Trinajstić information content (AvgIpc) is 2.67. The van der Waals surface area contributed by atoms with E-state index in [4.69, 9.17) is 0 Å². The molecular formula is C20H32N4O4S. The summed E-state index contributed by atoms with van der Waals surface area (Å²) in [5.74, 6) is -0.244. The smallest absolute Gasteiger partial charge is 0.241 e. The van der Waals surface area contributed by atoms with Crippen molar-refractivity contribution >= 4 is 27.5 Å². The van der Waals surface area contributed by atoms with Crippen LogP contribution in [-0.2, 0) is 19.6 Å². The Labute approximate surface area is 173 Å². The quantitative estimate of drug-likeness (QED) is 0.587. The van der Waals surface area contributed by atoms with E-state index in [-0.39, 0.29) is 28.7 Å². The Kier molecular flexibility index (Phi) is 8.18. The molecule has 0 bridgehead atoms. The normalized spacial score (nSPS) is 19.0. The van der Waals surface area contributed by atoms with E-state index < -0.39 is 16.1 Å². The molecule has 1 aromatic carbocycles. The number of likely N-dealkylation sites (tertiary alicyclic amines) is 1. The minimum atomic E-state index is -3.57. The van der Waals surface area contributed by atoms with Gasteiger partial charge in [0.2, 0.25) is 21.8 Å². The van der Waals surface area contributed by atoms with Crippen molar-refractivity contribution in [1.29, 1.82) is 0 Å². The maximum Gasteiger partial charge on any atom is 0.241 e. The Morgan fingerprint density at radius 2 is 1.83 bits per heavy atom. The molecule has 0 saturated carbocycles. The van der Waals surface area contributed by atoms with Crippen molar-refractivity contribution in [2.24, 2.45) is 5.92 Å². The zero-order chi connectivity index (χ0) is 21.6. The van der Waals surface area contributed by atoms with E-state index >= 15 is 0 Å². The number of hydrogen-bond donors (Lipinski definition) is 3. The highest BCUT2D eigenvalue weighted by molar-refractivity contribution is 7.89. The molecule has 0 spiro atoms. The fourth-order valence-corrected chi connectivity index (χ4v) is 4.65. The van der Waals surface area contributed by atoms with E-state index in [1.54, 1.807) is 26.0 Å². The molecule has 1 aromatic rings. The van der Waals surface area contributed by atoms with Crippen LogP contribution >= 0.6 is 0 Å². The molecule has 3 N–H and O–H groups in total. The van der Waals surface area contributed by atoms with Gasteiger partial charge in [0, 0.05) is 24.8 Å². The number of benzene rings is 1. The number of sulfonamides is 1. The predicted molar refractivity (Wildman–Crippen MR) is 113 cm³/mol. The molecule has 0 aliphatic carbocycles. The van der Waals surface area contributed by atoms with Crippen molar-refractivity contribution in [3.63, 3.8) is 0 Å². The summed E-state index contributed by atoms with van der Waals surface area (Å²) in [4.78, 5) is 26.9. The first-order valence-corrected chi connectivity index (χ1v) is 11.6.